The first-order valence-electron chi connectivity index (χ1n) is 6.28. The third-order valence-electron chi connectivity index (χ3n) is 3.31. The molecule has 0 spiro atoms. The largest absolute Gasteiger partial charge is 0.308 e. The van der Waals surface area contributed by atoms with Crippen molar-refractivity contribution in [2.75, 3.05) is 5.75 Å². The fourth-order valence-corrected chi connectivity index (χ4v) is 2.98. The highest BCUT2D eigenvalue weighted by molar-refractivity contribution is 8.00. The average molecular weight is 229 g/mol. The molecule has 0 aliphatic heterocycles. The van der Waals surface area contributed by atoms with Gasteiger partial charge in [0.1, 0.15) is 0 Å². The summed E-state index contributed by atoms with van der Waals surface area (Å²) < 4.78 is 0.398. The van der Waals surface area contributed by atoms with Crippen LogP contribution in [0.15, 0.2) is 0 Å². The van der Waals surface area contributed by atoms with Crippen molar-refractivity contribution in [3.63, 3.8) is 0 Å². The van der Waals surface area contributed by atoms with Crippen LogP contribution < -0.4 is 5.32 Å². The van der Waals surface area contributed by atoms with Crippen LogP contribution in [0, 0.1) is 0 Å². The molecular formula is C13H27NS. The monoisotopic (exact) mass is 229 g/mol. The molecule has 1 atom stereocenters. The highest BCUT2D eigenvalue weighted by Gasteiger charge is 2.35. The number of nitrogens with one attached hydrogen (secondary N) is 1. The van der Waals surface area contributed by atoms with Crippen LogP contribution in [-0.4, -0.2) is 22.1 Å². The molecule has 1 fully saturated rings. The Kier molecular flexibility index (Phi) is 4.54. The van der Waals surface area contributed by atoms with Crippen molar-refractivity contribution >= 4 is 11.8 Å². The highest BCUT2D eigenvalue weighted by atomic mass is 32.2. The molecule has 1 aliphatic carbocycles. The molecule has 0 heterocycles. The van der Waals surface area contributed by atoms with Crippen LogP contribution in [0.1, 0.15) is 60.3 Å². The highest BCUT2D eigenvalue weighted by Crippen LogP contribution is 2.35. The van der Waals surface area contributed by atoms with E-state index in [4.69, 9.17) is 0 Å². The van der Waals surface area contributed by atoms with Gasteiger partial charge in [0.2, 0.25) is 0 Å². The van der Waals surface area contributed by atoms with Gasteiger partial charge >= 0.3 is 0 Å². The van der Waals surface area contributed by atoms with E-state index in [0.717, 1.165) is 0 Å². The second-order valence-corrected chi connectivity index (χ2v) is 7.80. The molecule has 1 unspecified atom stereocenters. The topological polar surface area (TPSA) is 12.0 Å². The first-order valence-corrected chi connectivity index (χ1v) is 7.27. The zero-order chi connectivity index (χ0) is 11.5. The van der Waals surface area contributed by atoms with Crippen LogP contribution in [0.25, 0.3) is 0 Å². The van der Waals surface area contributed by atoms with Crippen molar-refractivity contribution in [1.29, 1.82) is 0 Å². The molecule has 15 heavy (non-hydrogen) atoms. The van der Waals surface area contributed by atoms with Gasteiger partial charge in [-0.15, -0.1) is 0 Å². The van der Waals surface area contributed by atoms with E-state index in [0.29, 0.717) is 16.3 Å². The fourth-order valence-electron chi connectivity index (χ4n) is 2.14. The zero-order valence-corrected chi connectivity index (χ0v) is 11.8. The third-order valence-corrected chi connectivity index (χ3v) is 4.84. The molecule has 1 rings (SSSR count). The Morgan fingerprint density at radius 3 is 2.27 bits per heavy atom. The smallest absolute Gasteiger partial charge is 0.0181 e. The second kappa shape index (κ2) is 5.09. The van der Waals surface area contributed by atoms with Gasteiger partial charge in [0, 0.05) is 22.1 Å². The van der Waals surface area contributed by atoms with E-state index >= 15 is 0 Å². The Morgan fingerprint density at radius 2 is 1.93 bits per heavy atom. The molecule has 1 N–H and O–H groups in total. The van der Waals surface area contributed by atoms with Gasteiger partial charge in [-0.3, -0.25) is 0 Å². The summed E-state index contributed by atoms with van der Waals surface area (Å²) in [5.74, 6) is 1.23. The zero-order valence-electron chi connectivity index (χ0n) is 11.0. The lowest BCUT2D eigenvalue weighted by Gasteiger charge is -2.44. The molecular weight excluding hydrogens is 202 g/mol. The lowest BCUT2D eigenvalue weighted by Crippen LogP contribution is -2.54. The molecule has 0 bridgehead atoms. The summed E-state index contributed by atoms with van der Waals surface area (Å²) in [6.07, 6.45) is 5.47. The van der Waals surface area contributed by atoms with Crippen molar-refractivity contribution in [2.24, 2.45) is 0 Å². The lowest BCUT2D eigenvalue weighted by molar-refractivity contribution is 0.165. The van der Waals surface area contributed by atoms with Crippen LogP contribution in [0.4, 0.5) is 0 Å². The van der Waals surface area contributed by atoms with Gasteiger partial charge in [-0.05, 0) is 32.6 Å². The van der Waals surface area contributed by atoms with Crippen molar-refractivity contribution in [2.45, 2.75) is 76.6 Å². The molecule has 90 valence electrons. The molecule has 1 saturated carbocycles. The van der Waals surface area contributed by atoms with Crippen molar-refractivity contribution < 1.29 is 0 Å². The van der Waals surface area contributed by atoms with E-state index in [9.17, 15) is 0 Å². The van der Waals surface area contributed by atoms with Crippen LogP contribution in [-0.2, 0) is 0 Å². The van der Waals surface area contributed by atoms with Crippen LogP contribution in [0.3, 0.4) is 0 Å². The molecule has 0 aromatic heterocycles. The van der Waals surface area contributed by atoms with E-state index in [-0.39, 0.29) is 0 Å². The van der Waals surface area contributed by atoms with Crippen molar-refractivity contribution in [1.82, 2.24) is 5.32 Å². The van der Waals surface area contributed by atoms with Gasteiger partial charge in [-0.2, -0.15) is 11.8 Å². The quantitative estimate of drug-likeness (QED) is 0.769. The maximum atomic E-state index is 3.83. The van der Waals surface area contributed by atoms with E-state index in [1.165, 1.54) is 31.4 Å². The maximum absolute atomic E-state index is 3.83. The Hall–Kier alpha value is 0.310. The predicted octanol–water partition coefficient (Wildman–Crippen LogP) is 3.83. The van der Waals surface area contributed by atoms with Gasteiger partial charge in [-0.1, -0.05) is 27.7 Å². The summed E-state index contributed by atoms with van der Waals surface area (Å²) in [6.45, 7) is 11.5. The normalized spacial score (nSPS) is 22.2. The molecule has 0 saturated heterocycles. The molecule has 1 aliphatic rings. The van der Waals surface area contributed by atoms with Gasteiger partial charge in [0.15, 0.2) is 0 Å². The molecule has 0 aromatic carbocycles. The first-order chi connectivity index (χ1) is 6.87. The Bertz CT molecular complexity index is 186. The van der Waals surface area contributed by atoms with E-state index < -0.39 is 0 Å². The Balaban J connectivity index is 2.26. The first kappa shape index (κ1) is 13.4. The summed E-state index contributed by atoms with van der Waals surface area (Å²) in [6, 6.07) is 0.648. The van der Waals surface area contributed by atoms with E-state index in [2.05, 4.69) is 51.7 Å². The summed E-state index contributed by atoms with van der Waals surface area (Å²) in [5.41, 5.74) is 0.498. The van der Waals surface area contributed by atoms with Crippen LogP contribution >= 0.6 is 11.8 Å². The minimum Gasteiger partial charge on any atom is -0.308 e. The van der Waals surface area contributed by atoms with Crippen molar-refractivity contribution in [3.05, 3.63) is 0 Å². The fraction of sp³-hybridized carbons (Fsp3) is 1.00. The van der Waals surface area contributed by atoms with Gasteiger partial charge in [0.05, 0.1) is 0 Å². The summed E-state index contributed by atoms with van der Waals surface area (Å²) in [5, 5.41) is 3.83. The number of hydrogen-bond acceptors (Lipinski definition) is 2. The average Bonchev–Trinajstić information content (AvgIpc) is 2.07. The SMILES string of the molecule is CCC1(NC(C)CSC(C)(C)C)CCC1. The second-order valence-electron chi connectivity index (χ2n) is 5.96. The maximum Gasteiger partial charge on any atom is 0.0181 e. The molecule has 2 heteroatoms. The lowest BCUT2D eigenvalue weighted by atomic mass is 9.74. The minimum absolute atomic E-state index is 0.398. The number of rotatable bonds is 5. The molecule has 0 aromatic rings. The number of hydrogen-bond donors (Lipinski definition) is 1. The molecule has 0 radical (unpaired) electrons. The summed E-state index contributed by atoms with van der Waals surface area (Å²) in [7, 11) is 0. The van der Waals surface area contributed by atoms with Crippen molar-refractivity contribution in [3.8, 4) is 0 Å². The van der Waals surface area contributed by atoms with Crippen LogP contribution in [0.2, 0.25) is 0 Å². The standard InChI is InChI=1S/C13H27NS/c1-6-13(8-7-9-13)14-11(2)10-15-12(3,4)5/h11,14H,6-10H2,1-5H3. The summed E-state index contributed by atoms with van der Waals surface area (Å²) >= 11 is 2.06. The van der Waals surface area contributed by atoms with Gasteiger partial charge in [-0.25, -0.2) is 0 Å². The van der Waals surface area contributed by atoms with Crippen LogP contribution in [0.5, 0.6) is 0 Å². The Labute approximate surface area is 99.8 Å². The van der Waals surface area contributed by atoms with Gasteiger partial charge in [0.25, 0.3) is 0 Å². The molecule has 1 nitrogen and oxygen atoms in total. The molecule has 0 amide bonds. The van der Waals surface area contributed by atoms with Gasteiger partial charge < -0.3 is 5.32 Å². The van der Waals surface area contributed by atoms with E-state index in [1.54, 1.807) is 0 Å². The predicted molar refractivity (Wildman–Crippen MR) is 71.7 cm³/mol. The Morgan fingerprint density at radius 1 is 1.33 bits per heavy atom. The van der Waals surface area contributed by atoms with E-state index in [1.807, 2.05) is 0 Å². The number of thioether (sulfide) groups is 1. The summed E-state index contributed by atoms with van der Waals surface area (Å²) in [4.78, 5) is 0. The third kappa shape index (κ3) is 4.36. The minimum atomic E-state index is 0.398.